The lowest BCUT2D eigenvalue weighted by atomic mass is 10.0. The van der Waals surface area contributed by atoms with Gasteiger partial charge in [-0.15, -0.1) is 0 Å². The largest absolute Gasteiger partial charge is 0.265 e. The Bertz CT molecular complexity index is 1920. The first kappa shape index (κ1) is 26.1. The molecule has 0 aliphatic rings. The van der Waals surface area contributed by atoms with Crippen molar-refractivity contribution in [2.75, 3.05) is 0 Å². The highest BCUT2D eigenvalue weighted by Crippen LogP contribution is 2.31. The Morgan fingerprint density at radius 3 is 1.02 bits per heavy atom. The molecule has 5 nitrogen and oxygen atoms in total. The predicted octanol–water partition coefficient (Wildman–Crippen LogP) is 8.97. The van der Waals surface area contributed by atoms with Crippen molar-refractivity contribution in [1.29, 1.82) is 0 Å². The van der Waals surface area contributed by atoms with Crippen molar-refractivity contribution in [3.8, 4) is 67.5 Å². The van der Waals surface area contributed by atoms with E-state index in [1.54, 1.807) is 24.8 Å². The van der Waals surface area contributed by atoms with Crippen LogP contribution in [0.25, 0.3) is 67.5 Å². The van der Waals surface area contributed by atoms with Crippen LogP contribution in [0.1, 0.15) is 5.56 Å². The van der Waals surface area contributed by atoms with Crippen LogP contribution in [0.4, 0.5) is 0 Å². The summed E-state index contributed by atoms with van der Waals surface area (Å²) < 4.78 is 0. The molecule has 43 heavy (non-hydrogen) atoms. The lowest BCUT2D eigenvalue weighted by molar-refractivity contribution is 1.07. The summed E-state index contributed by atoms with van der Waals surface area (Å²) in [7, 11) is 0. The number of nitrogens with zero attached hydrogens (tertiary/aromatic N) is 5. The normalized spacial score (nSPS) is 10.9. The third-order valence-corrected chi connectivity index (χ3v) is 7.41. The van der Waals surface area contributed by atoms with Crippen molar-refractivity contribution < 1.29 is 0 Å². The molecule has 0 unspecified atom stereocenters. The zero-order chi connectivity index (χ0) is 29.0. The van der Waals surface area contributed by atoms with Gasteiger partial charge >= 0.3 is 0 Å². The van der Waals surface area contributed by atoms with E-state index in [2.05, 4.69) is 89.7 Å². The lowest BCUT2D eigenvalue weighted by Crippen LogP contribution is -2.00. The second kappa shape index (κ2) is 11.6. The van der Waals surface area contributed by atoms with E-state index in [-0.39, 0.29) is 0 Å². The third kappa shape index (κ3) is 5.69. The Balaban J connectivity index is 1.37. The van der Waals surface area contributed by atoms with Crippen molar-refractivity contribution in [2.45, 2.75) is 6.92 Å². The molecule has 0 amide bonds. The number of aryl methyl sites for hydroxylation is 1. The first-order valence-electron chi connectivity index (χ1n) is 14.1. The molecule has 7 rings (SSSR count). The van der Waals surface area contributed by atoms with E-state index in [1.165, 1.54) is 5.56 Å². The Morgan fingerprint density at radius 2 is 0.651 bits per heavy atom. The summed E-state index contributed by atoms with van der Waals surface area (Å²) in [4.78, 5) is 23.4. The molecule has 0 radical (unpaired) electrons. The molecule has 0 spiro atoms. The fourth-order valence-electron chi connectivity index (χ4n) is 5.11. The van der Waals surface area contributed by atoms with Crippen LogP contribution in [-0.2, 0) is 0 Å². The van der Waals surface area contributed by atoms with Crippen LogP contribution >= 0.6 is 0 Å². The summed E-state index contributed by atoms with van der Waals surface area (Å²) in [6.07, 6.45) is 7.21. The highest BCUT2D eigenvalue weighted by molar-refractivity contribution is 5.76. The molecule has 3 aromatic heterocycles. The van der Waals surface area contributed by atoms with Gasteiger partial charge in [-0.1, -0.05) is 84.4 Å². The molecular formula is C38H27N5. The first-order chi connectivity index (χ1) is 21.2. The average Bonchev–Trinajstić information content (AvgIpc) is 3.09. The van der Waals surface area contributed by atoms with Crippen molar-refractivity contribution >= 4 is 0 Å². The maximum absolute atomic E-state index is 5.02. The number of pyridine rings is 2. The molecule has 204 valence electrons. The van der Waals surface area contributed by atoms with E-state index in [0.29, 0.717) is 17.5 Å². The molecule has 3 heterocycles. The van der Waals surface area contributed by atoms with Gasteiger partial charge in [-0.25, -0.2) is 15.0 Å². The number of benzene rings is 4. The lowest BCUT2D eigenvalue weighted by Gasteiger charge is -2.11. The van der Waals surface area contributed by atoms with Crippen molar-refractivity contribution in [3.63, 3.8) is 0 Å². The summed E-state index contributed by atoms with van der Waals surface area (Å²) in [5, 5.41) is 0. The molecule has 0 aliphatic heterocycles. The Hall–Kier alpha value is -5.81. The third-order valence-electron chi connectivity index (χ3n) is 7.41. The van der Waals surface area contributed by atoms with Crippen molar-refractivity contribution in [1.82, 2.24) is 24.9 Å². The highest BCUT2D eigenvalue weighted by Gasteiger charge is 2.14. The summed E-state index contributed by atoms with van der Waals surface area (Å²) >= 11 is 0. The number of hydrogen-bond donors (Lipinski definition) is 0. The topological polar surface area (TPSA) is 64.5 Å². The smallest absolute Gasteiger partial charge is 0.164 e. The van der Waals surface area contributed by atoms with E-state index in [1.807, 2.05) is 48.5 Å². The quantitative estimate of drug-likeness (QED) is 0.206. The van der Waals surface area contributed by atoms with E-state index in [4.69, 9.17) is 15.0 Å². The minimum Gasteiger partial charge on any atom is -0.265 e. The Morgan fingerprint density at radius 1 is 0.326 bits per heavy atom. The van der Waals surface area contributed by atoms with Gasteiger partial charge in [0.15, 0.2) is 17.5 Å². The standard InChI is InChI=1S/C38H27N5/c1-26-11-13-27(14-12-26)30-5-2-8-33(23-30)36-41-37(34-9-3-6-31(24-34)28-15-19-39-20-16-28)43-38(42-36)35-10-4-7-32(25-35)29-17-21-40-22-18-29/h2-25H,1H3. The summed E-state index contributed by atoms with van der Waals surface area (Å²) in [5.74, 6) is 1.86. The SMILES string of the molecule is Cc1ccc(-c2cccc(-c3nc(-c4cccc(-c5ccncc5)c4)nc(-c4cccc(-c5ccncc5)c4)n3)c2)cc1. The molecule has 7 aromatic rings. The number of rotatable bonds is 6. The monoisotopic (exact) mass is 553 g/mol. The van der Waals surface area contributed by atoms with E-state index in [9.17, 15) is 0 Å². The van der Waals surface area contributed by atoms with Crippen LogP contribution in [0.5, 0.6) is 0 Å². The molecule has 0 bridgehead atoms. The van der Waals surface area contributed by atoms with Gasteiger partial charge in [0.1, 0.15) is 0 Å². The van der Waals surface area contributed by atoms with Gasteiger partial charge in [0.05, 0.1) is 0 Å². The maximum atomic E-state index is 5.02. The predicted molar refractivity (Wildman–Crippen MR) is 173 cm³/mol. The van der Waals surface area contributed by atoms with Crippen LogP contribution in [-0.4, -0.2) is 24.9 Å². The molecular weight excluding hydrogens is 526 g/mol. The van der Waals surface area contributed by atoms with E-state index >= 15 is 0 Å². The molecule has 0 fully saturated rings. The zero-order valence-electron chi connectivity index (χ0n) is 23.6. The number of hydrogen-bond acceptors (Lipinski definition) is 5. The fraction of sp³-hybridized carbons (Fsp3) is 0.0263. The fourth-order valence-corrected chi connectivity index (χ4v) is 5.11. The average molecular weight is 554 g/mol. The first-order valence-corrected chi connectivity index (χ1v) is 14.1. The maximum Gasteiger partial charge on any atom is 0.164 e. The minimum atomic E-state index is 0.617. The molecule has 0 atom stereocenters. The second-order valence-corrected chi connectivity index (χ2v) is 10.4. The molecule has 0 aliphatic carbocycles. The van der Waals surface area contributed by atoms with Crippen LogP contribution < -0.4 is 0 Å². The highest BCUT2D eigenvalue weighted by atomic mass is 15.0. The van der Waals surface area contributed by atoms with Crippen LogP contribution in [0.3, 0.4) is 0 Å². The summed E-state index contributed by atoms with van der Waals surface area (Å²) in [6, 6.07) is 41.5. The van der Waals surface area contributed by atoms with Gasteiger partial charge in [-0.2, -0.15) is 0 Å². The Labute approximate surface area is 250 Å². The van der Waals surface area contributed by atoms with E-state index in [0.717, 1.165) is 50.1 Å². The van der Waals surface area contributed by atoms with Gasteiger partial charge in [-0.3, -0.25) is 9.97 Å². The van der Waals surface area contributed by atoms with Gasteiger partial charge < -0.3 is 0 Å². The van der Waals surface area contributed by atoms with Crippen LogP contribution in [0.15, 0.2) is 146 Å². The second-order valence-electron chi connectivity index (χ2n) is 10.4. The molecule has 5 heteroatoms. The van der Waals surface area contributed by atoms with Gasteiger partial charge in [0.2, 0.25) is 0 Å². The van der Waals surface area contributed by atoms with Gasteiger partial charge in [0, 0.05) is 41.5 Å². The van der Waals surface area contributed by atoms with Gasteiger partial charge in [0.25, 0.3) is 0 Å². The van der Waals surface area contributed by atoms with E-state index < -0.39 is 0 Å². The molecule has 0 saturated carbocycles. The molecule has 4 aromatic carbocycles. The molecule has 0 N–H and O–H groups in total. The number of aromatic nitrogens is 5. The van der Waals surface area contributed by atoms with Crippen LogP contribution in [0, 0.1) is 6.92 Å². The summed E-state index contributed by atoms with van der Waals surface area (Å²) in [5.41, 5.74) is 10.6. The minimum absolute atomic E-state index is 0.617. The van der Waals surface area contributed by atoms with Crippen molar-refractivity contribution in [3.05, 3.63) is 152 Å². The molecule has 0 saturated heterocycles. The Kier molecular flexibility index (Phi) is 7.04. The zero-order valence-corrected chi connectivity index (χ0v) is 23.6. The summed E-state index contributed by atoms with van der Waals surface area (Å²) in [6.45, 7) is 2.10. The van der Waals surface area contributed by atoms with Crippen molar-refractivity contribution in [2.24, 2.45) is 0 Å². The van der Waals surface area contributed by atoms with Gasteiger partial charge in [-0.05, 0) is 82.8 Å². The van der Waals surface area contributed by atoms with Crippen LogP contribution in [0.2, 0.25) is 0 Å².